The minimum absolute atomic E-state index is 0.416. The van der Waals surface area contributed by atoms with E-state index in [0.29, 0.717) is 4.57 Å². The predicted molar refractivity (Wildman–Crippen MR) is 56.0 cm³/mol. The standard InChI is InChI=1S/C7H8ClFN2O4S/c1-16(14,15)3-2-11-6(12)4(9)5(8)10-7(11)13/h2-3H2,1H3,(H,10,13). The fourth-order valence-electron chi connectivity index (χ4n) is 0.981. The van der Waals surface area contributed by atoms with E-state index in [1.807, 2.05) is 4.98 Å². The van der Waals surface area contributed by atoms with E-state index in [9.17, 15) is 22.4 Å². The fraction of sp³-hybridized carbons (Fsp3) is 0.429. The Morgan fingerprint density at radius 1 is 1.44 bits per heavy atom. The number of nitrogens with one attached hydrogen (secondary N) is 1. The molecule has 0 aliphatic carbocycles. The van der Waals surface area contributed by atoms with E-state index in [2.05, 4.69) is 0 Å². The van der Waals surface area contributed by atoms with Crippen LogP contribution >= 0.6 is 11.6 Å². The zero-order chi connectivity index (χ0) is 12.5. The SMILES string of the molecule is CS(=O)(=O)CCn1c(=O)[nH]c(Cl)c(F)c1=O. The number of hydrogen-bond acceptors (Lipinski definition) is 4. The molecule has 16 heavy (non-hydrogen) atoms. The number of rotatable bonds is 3. The van der Waals surface area contributed by atoms with Gasteiger partial charge in [0.25, 0.3) is 5.56 Å². The molecule has 0 aromatic carbocycles. The third-order valence-corrected chi connectivity index (χ3v) is 2.96. The van der Waals surface area contributed by atoms with Crippen molar-refractivity contribution in [3.05, 3.63) is 31.8 Å². The smallest absolute Gasteiger partial charge is 0.295 e. The van der Waals surface area contributed by atoms with Crippen LogP contribution in [0.15, 0.2) is 9.59 Å². The van der Waals surface area contributed by atoms with Crippen LogP contribution in [0.25, 0.3) is 0 Å². The van der Waals surface area contributed by atoms with Gasteiger partial charge in [-0.1, -0.05) is 11.6 Å². The lowest BCUT2D eigenvalue weighted by atomic mass is 10.5. The molecular formula is C7H8ClFN2O4S. The van der Waals surface area contributed by atoms with Crippen molar-refractivity contribution in [2.45, 2.75) is 6.54 Å². The molecule has 1 aromatic heterocycles. The maximum absolute atomic E-state index is 13.0. The maximum Gasteiger partial charge on any atom is 0.329 e. The van der Waals surface area contributed by atoms with Crippen molar-refractivity contribution in [3.8, 4) is 0 Å². The van der Waals surface area contributed by atoms with Gasteiger partial charge in [0.2, 0.25) is 5.82 Å². The van der Waals surface area contributed by atoms with E-state index in [4.69, 9.17) is 11.6 Å². The quantitative estimate of drug-likeness (QED) is 0.741. The Balaban J connectivity index is 3.21. The molecule has 0 aliphatic rings. The minimum atomic E-state index is -3.35. The summed E-state index contributed by atoms with van der Waals surface area (Å²) in [6.45, 7) is -0.416. The van der Waals surface area contributed by atoms with Crippen LogP contribution in [-0.2, 0) is 16.4 Å². The van der Waals surface area contributed by atoms with Crippen LogP contribution < -0.4 is 11.2 Å². The summed E-state index contributed by atoms with van der Waals surface area (Å²) in [5.41, 5.74) is -2.18. The van der Waals surface area contributed by atoms with Gasteiger partial charge in [-0.3, -0.25) is 14.3 Å². The van der Waals surface area contributed by atoms with Gasteiger partial charge in [0, 0.05) is 12.8 Å². The second-order valence-corrected chi connectivity index (χ2v) is 5.78. The zero-order valence-corrected chi connectivity index (χ0v) is 9.73. The first-order valence-corrected chi connectivity index (χ1v) is 6.52. The molecule has 0 atom stereocenters. The topological polar surface area (TPSA) is 89.0 Å². The molecule has 9 heteroatoms. The molecule has 0 fully saturated rings. The van der Waals surface area contributed by atoms with Gasteiger partial charge in [-0.05, 0) is 0 Å². The van der Waals surface area contributed by atoms with E-state index < -0.39 is 44.4 Å². The average molecular weight is 271 g/mol. The Labute approximate surface area is 94.6 Å². The lowest BCUT2D eigenvalue weighted by molar-refractivity contribution is 0.545. The minimum Gasteiger partial charge on any atom is -0.295 e. The second kappa shape index (κ2) is 4.38. The Morgan fingerprint density at radius 3 is 2.50 bits per heavy atom. The van der Waals surface area contributed by atoms with E-state index >= 15 is 0 Å². The molecule has 0 bridgehead atoms. The summed E-state index contributed by atoms with van der Waals surface area (Å²) in [7, 11) is -3.35. The van der Waals surface area contributed by atoms with Gasteiger partial charge in [-0.15, -0.1) is 0 Å². The molecule has 1 aromatic rings. The van der Waals surface area contributed by atoms with Crippen LogP contribution in [0.5, 0.6) is 0 Å². The summed E-state index contributed by atoms with van der Waals surface area (Å²) < 4.78 is 35.1. The van der Waals surface area contributed by atoms with Gasteiger partial charge in [-0.2, -0.15) is 4.39 Å². The molecule has 1 rings (SSSR count). The number of hydrogen-bond donors (Lipinski definition) is 1. The first-order valence-electron chi connectivity index (χ1n) is 4.08. The Bertz CT molecular complexity index is 618. The molecular weight excluding hydrogens is 263 g/mol. The number of H-pyrrole nitrogens is 1. The Hall–Kier alpha value is -1.15. The number of sulfone groups is 1. The van der Waals surface area contributed by atoms with Crippen molar-refractivity contribution in [2.24, 2.45) is 0 Å². The highest BCUT2D eigenvalue weighted by molar-refractivity contribution is 7.90. The fourth-order valence-corrected chi connectivity index (χ4v) is 1.66. The van der Waals surface area contributed by atoms with Crippen molar-refractivity contribution in [1.29, 1.82) is 0 Å². The Kier molecular flexibility index (Phi) is 3.54. The van der Waals surface area contributed by atoms with Crippen molar-refractivity contribution >= 4 is 21.4 Å². The van der Waals surface area contributed by atoms with E-state index in [-0.39, 0.29) is 0 Å². The van der Waals surface area contributed by atoms with Gasteiger partial charge in [0.05, 0.1) is 5.75 Å². The first kappa shape index (κ1) is 12.9. The first-order chi connectivity index (χ1) is 7.22. The molecule has 0 unspecified atom stereocenters. The van der Waals surface area contributed by atoms with E-state index in [1.165, 1.54) is 0 Å². The highest BCUT2D eigenvalue weighted by Gasteiger charge is 2.13. The molecule has 0 saturated heterocycles. The molecule has 6 nitrogen and oxygen atoms in total. The summed E-state index contributed by atoms with van der Waals surface area (Å²) in [5, 5.41) is -0.689. The lowest BCUT2D eigenvalue weighted by Crippen LogP contribution is -2.38. The summed E-state index contributed by atoms with van der Waals surface area (Å²) >= 11 is 5.22. The summed E-state index contributed by atoms with van der Waals surface area (Å²) in [5.74, 6) is -1.74. The van der Waals surface area contributed by atoms with E-state index in [1.54, 1.807) is 0 Å². The van der Waals surface area contributed by atoms with Crippen LogP contribution in [0.2, 0.25) is 5.15 Å². The molecule has 0 radical (unpaired) electrons. The molecule has 0 spiro atoms. The average Bonchev–Trinajstić information content (AvgIpc) is 2.12. The number of halogens is 2. The largest absolute Gasteiger partial charge is 0.329 e. The molecule has 0 saturated carbocycles. The highest BCUT2D eigenvalue weighted by atomic mass is 35.5. The number of aromatic amines is 1. The summed E-state index contributed by atoms with van der Waals surface area (Å²) in [4.78, 5) is 24.3. The van der Waals surface area contributed by atoms with Crippen molar-refractivity contribution in [3.63, 3.8) is 0 Å². The van der Waals surface area contributed by atoms with Gasteiger partial charge in [-0.25, -0.2) is 13.2 Å². The van der Waals surface area contributed by atoms with Crippen molar-refractivity contribution < 1.29 is 12.8 Å². The molecule has 90 valence electrons. The zero-order valence-electron chi connectivity index (χ0n) is 8.16. The van der Waals surface area contributed by atoms with Gasteiger partial charge >= 0.3 is 5.69 Å². The predicted octanol–water partition coefficient (Wildman–Crippen LogP) is -0.626. The van der Waals surface area contributed by atoms with E-state index in [0.717, 1.165) is 6.26 Å². The molecule has 1 N–H and O–H groups in total. The molecule has 0 aliphatic heterocycles. The van der Waals surface area contributed by atoms with Gasteiger partial charge in [0.15, 0.2) is 5.15 Å². The summed E-state index contributed by atoms with van der Waals surface area (Å²) in [6, 6.07) is 0. The van der Waals surface area contributed by atoms with Crippen LogP contribution in [0.3, 0.4) is 0 Å². The van der Waals surface area contributed by atoms with Crippen LogP contribution in [0.4, 0.5) is 4.39 Å². The van der Waals surface area contributed by atoms with Crippen molar-refractivity contribution in [2.75, 3.05) is 12.0 Å². The van der Waals surface area contributed by atoms with Gasteiger partial charge in [0.1, 0.15) is 9.84 Å². The molecule has 0 amide bonds. The maximum atomic E-state index is 13.0. The monoisotopic (exact) mass is 270 g/mol. The third-order valence-electron chi connectivity index (χ3n) is 1.77. The number of aromatic nitrogens is 2. The number of nitrogens with zero attached hydrogens (tertiary/aromatic N) is 1. The van der Waals surface area contributed by atoms with Gasteiger partial charge < -0.3 is 0 Å². The van der Waals surface area contributed by atoms with Crippen LogP contribution in [0, 0.1) is 5.82 Å². The Morgan fingerprint density at radius 2 is 2.00 bits per heavy atom. The highest BCUT2D eigenvalue weighted by Crippen LogP contribution is 2.02. The normalized spacial score (nSPS) is 11.7. The van der Waals surface area contributed by atoms with Crippen LogP contribution in [-0.4, -0.2) is 30.0 Å². The summed E-state index contributed by atoms with van der Waals surface area (Å²) in [6.07, 6.45) is 0.943. The second-order valence-electron chi connectivity index (χ2n) is 3.14. The lowest BCUT2D eigenvalue weighted by Gasteiger charge is -2.03. The van der Waals surface area contributed by atoms with Crippen LogP contribution in [0.1, 0.15) is 0 Å². The molecule has 1 heterocycles. The van der Waals surface area contributed by atoms with Crippen molar-refractivity contribution in [1.82, 2.24) is 9.55 Å². The third kappa shape index (κ3) is 2.92.